The first kappa shape index (κ1) is 14.8. The molecule has 0 amide bonds. The summed E-state index contributed by atoms with van der Waals surface area (Å²) >= 11 is 0. The highest BCUT2D eigenvalue weighted by atomic mass is 19.4. The van der Waals surface area contributed by atoms with E-state index in [0.717, 1.165) is 7.11 Å². The van der Waals surface area contributed by atoms with Gasteiger partial charge in [-0.25, -0.2) is 4.39 Å². The first-order chi connectivity index (χ1) is 8.76. The van der Waals surface area contributed by atoms with Gasteiger partial charge in [-0.1, -0.05) is 0 Å². The lowest BCUT2D eigenvalue weighted by molar-refractivity contribution is -0.274. The fraction of sp³-hybridized carbons (Fsp3) is 0.273. The van der Waals surface area contributed by atoms with E-state index in [2.05, 4.69) is 9.47 Å². The molecule has 0 aliphatic heterocycles. The minimum absolute atomic E-state index is 0.356. The highest BCUT2D eigenvalue weighted by molar-refractivity contribution is 5.72. The topological polar surface area (TPSA) is 59.3 Å². The summed E-state index contributed by atoms with van der Waals surface area (Å²) in [4.78, 5) is 11.0. The number of esters is 1. The molecule has 0 fully saturated rings. The number of hydrogen-bond acceptors (Lipinski definition) is 4. The van der Waals surface area contributed by atoms with Gasteiger partial charge in [-0.15, -0.1) is 13.2 Å². The van der Waals surface area contributed by atoms with E-state index < -0.39 is 35.9 Å². The molecule has 0 unspecified atom stereocenters. The molecule has 1 rings (SSSR count). The molecule has 0 saturated heterocycles. The van der Waals surface area contributed by atoms with E-state index >= 15 is 0 Å². The third-order valence-corrected chi connectivity index (χ3v) is 2.06. The van der Waals surface area contributed by atoms with E-state index in [4.69, 9.17) is 5.26 Å². The van der Waals surface area contributed by atoms with Crippen molar-refractivity contribution in [1.29, 1.82) is 5.26 Å². The van der Waals surface area contributed by atoms with Gasteiger partial charge in [0.1, 0.15) is 17.6 Å². The lowest BCUT2D eigenvalue weighted by atomic mass is 10.1. The summed E-state index contributed by atoms with van der Waals surface area (Å²) < 4.78 is 57.6. The van der Waals surface area contributed by atoms with Crippen molar-refractivity contribution in [2.75, 3.05) is 7.11 Å². The number of rotatable bonds is 3. The van der Waals surface area contributed by atoms with E-state index in [9.17, 15) is 22.4 Å². The number of benzene rings is 1. The Labute approximate surface area is 105 Å². The molecule has 0 bridgehead atoms. The fourth-order valence-corrected chi connectivity index (χ4v) is 1.26. The summed E-state index contributed by atoms with van der Waals surface area (Å²) in [6.07, 6.45) is -5.59. The van der Waals surface area contributed by atoms with Crippen molar-refractivity contribution in [3.05, 3.63) is 29.1 Å². The summed E-state index contributed by atoms with van der Waals surface area (Å²) in [5.74, 6) is -2.69. The molecule has 19 heavy (non-hydrogen) atoms. The number of methoxy groups -OCH3 is 1. The Morgan fingerprint density at radius 1 is 1.42 bits per heavy atom. The highest BCUT2D eigenvalue weighted by Crippen LogP contribution is 2.28. The Balaban J connectivity index is 3.18. The van der Waals surface area contributed by atoms with Crippen LogP contribution in [-0.2, 0) is 16.0 Å². The lowest BCUT2D eigenvalue weighted by Gasteiger charge is -2.12. The van der Waals surface area contributed by atoms with Crippen LogP contribution in [0.1, 0.15) is 11.1 Å². The molecule has 1 aromatic carbocycles. The second-order valence-corrected chi connectivity index (χ2v) is 3.35. The molecule has 8 heteroatoms. The zero-order valence-electron chi connectivity index (χ0n) is 9.55. The molecular formula is C11H7F4NO3. The van der Waals surface area contributed by atoms with Crippen LogP contribution in [0.3, 0.4) is 0 Å². The molecule has 0 aromatic heterocycles. The Hall–Kier alpha value is -2.30. The summed E-state index contributed by atoms with van der Waals surface area (Å²) in [5, 5.41) is 8.60. The third kappa shape index (κ3) is 4.13. The Bertz CT molecular complexity index is 534. The second-order valence-electron chi connectivity index (χ2n) is 3.35. The third-order valence-electron chi connectivity index (χ3n) is 2.06. The average Bonchev–Trinajstić information content (AvgIpc) is 2.30. The van der Waals surface area contributed by atoms with Crippen molar-refractivity contribution in [3.8, 4) is 11.8 Å². The molecule has 0 N–H and O–H groups in total. The summed E-state index contributed by atoms with van der Waals surface area (Å²) in [6.45, 7) is 0. The minimum atomic E-state index is -5.02. The maximum Gasteiger partial charge on any atom is 0.573 e. The number of nitrogens with zero attached hydrogens (tertiary/aromatic N) is 1. The number of ether oxygens (including phenoxy) is 2. The number of alkyl halides is 3. The van der Waals surface area contributed by atoms with Crippen molar-refractivity contribution in [1.82, 2.24) is 0 Å². The van der Waals surface area contributed by atoms with Gasteiger partial charge in [0.2, 0.25) is 0 Å². The van der Waals surface area contributed by atoms with Crippen LogP contribution >= 0.6 is 0 Å². The van der Waals surface area contributed by atoms with Crippen LogP contribution in [-0.4, -0.2) is 19.4 Å². The zero-order valence-corrected chi connectivity index (χ0v) is 9.55. The van der Waals surface area contributed by atoms with Gasteiger partial charge in [0, 0.05) is 5.56 Å². The molecule has 0 spiro atoms. The summed E-state index contributed by atoms with van der Waals surface area (Å²) in [5.41, 5.74) is -0.978. The standard InChI is InChI=1S/C11H7F4NO3/c1-18-10(17)4-6-3-9(19-11(13,14)15)7(5-16)2-8(6)12/h2-3H,4H2,1H3. The number of carbonyl (C=O) groups excluding carboxylic acids is 1. The van der Waals surface area contributed by atoms with Gasteiger partial charge in [-0.2, -0.15) is 5.26 Å². The van der Waals surface area contributed by atoms with Gasteiger partial charge in [0.25, 0.3) is 0 Å². The van der Waals surface area contributed by atoms with E-state index in [-0.39, 0.29) is 5.56 Å². The predicted molar refractivity (Wildman–Crippen MR) is 53.5 cm³/mol. The van der Waals surface area contributed by atoms with Gasteiger partial charge < -0.3 is 9.47 Å². The first-order valence-electron chi connectivity index (χ1n) is 4.82. The van der Waals surface area contributed by atoms with Crippen LogP contribution in [0.4, 0.5) is 17.6 Å². The van der Waals surface area contributed by atoms with E-state index in [1.807, 2.05) is 0 Å². The second kappa shape index (κ2) is 5.56. The Morgan fingerprint density at radius 3 is 2.53 bits per heavy atom. The fourth-order valence-electron chi connectivity index (χ4n) is 1.26. The zero-order chi connectivity index (χ0) is 14.6. The lowest BCUT2D eigenvalue weighted by Crippen LogP contribution is -2.18. The maximum absolute atomic E-state index is 13.5. The minimum Gasteiger partial charge on any atom is -0.469 e. The van der Waals surface area contributed by atoms with Crippen LogP contribution in [0.5, 0.6) is 5.75 Å². The first-order valence-corrected chi connectivity index (χ1v) is 4.82. The Morgan fingerprint density at radius 2 is 2.05 bits per heavy atom. The molecule has 102 valence electrons. The van der Waals surface area contributed by atoms with Crippen molar-refractivity contribution in [2.24, 2.45) is 0 Å². The number of hydrogen-bond donors (Lipinski definition) is 0. The number of halogens is 4. The van der Waals surface area contributed by atoms with Gasteiger partial charge in [0.15, 0.2) is 0 Å². The van der Waals surface area contributed by atoms with Crippen molar-refractivity contribution in [2.45, 2.75) is 12.8 Å². The van der Waals surface area contributed by atoms with Crippen LogP contribution < -0.4 is 4.74 Å². The average molecular weight is 277 g/mol. The normalized spacial score (nSPS) is 10.7. The number of nitriles is 1. The molecule has 0 saturated carbocycles. The number of carbonyl (C=O) groups is 1. The van der Waals surface area contributed by atoms with Crippen molar-refractivity contribution in [3.63, 3.8) is 0 Å². The molecule has 0 radical (unpaired) electrons. The van der Waals surface area contributed by atoms with Gasteiger partial charge in [0.05, 0.1) is 19.1 Å². The molecule has 0 aliphatic rings. The van der Waals surface area contributed by atoms with Crippen molar-refractivity contribution >= 4 is 5.97 Å². The highest BCUT2D eigenvalue weighted by Gasteiger charge is 2.32. The van der Waals surface area contributed by atoms with E-state index in [0.29, 0.717) is 12.1 Å². The molecule has 4 nitrogen and oxygen atoms in total. The monoisotopic (exact) mass is 277 g/mol. The van der Waals surface area contributed by atoms with E-state index in [1.165, 1.54) is 6.07 Å². The van der Waals surface area contributed by atoms with Gasteiger partial charge in [-0.3, -0.25) is 4.79 Å². The summed E-state index contributed by atoms with van der Waals surface area (Å²) in [6, 6.07) is 2.59. The van der Waals surface area contributed by atoms with Gasteiger partial charge in [-0.05, 0) is 12.1 Å². The predicted octanol–water partition coefficient (Wildman–Crippen LogP) is 2.31. The maximum atomic E-state index is 13.5. The van der Waals surface area contributed by atoms with Crippen LogP contribution in [0, 0.1) is 17.1 Å². The van der Waals surface area contributed by atoms with Crippen LogP contribution in [0.25, 0.3) is 0 Å². The quantitative estimate of drug-likeness (QED) is 0.628. The van der Waals surface area contributed by atoms with Gasteiger partial charge >= 0.3 is 12.3 Å². The smallest absolute Gasteiger partial charge is 0.469 e. The largest absolute Gasteiger partial charge is 0.573 e. The van der Waals surface area contributed by atoms with Crippen LogP contribution in [0.2, 0.25) is 0 Å². The SMILES string of the molecule is COC(=O)Cc1cc(OC(F)(F)F)c(C#N)cc1F. The molecule has 0 aliphatic carbocycles. The van der Waals surface area contributed by atoms with Crippen molar-refractivity contribution < 1.29 is 31.8 Å². The molecule has 0 atom stereocenters. The van der Waals surface area contributed by atoms with E-state index in [1.54, 1.807) is 0 Å². The Kier molecular flexibility index (Phi) is 4.32. The molecule has 1 aromatic rings. The summed E-state index contributed by atoms with van der Waals surface area (Å²) in [7, 11) is 1.05. The molecule has 0 heterocycles. The van der Waals surface area contributed by atoms with Crippen LogP contribution in [0.15, 0.2) is 12.1 Å². The molecular weight excluding hydrogens is 270 g/mol.